The highest BCUT2D eigenvalue weighted by Gasteiger charge is 2.18. The van der Waals surface area contributed by atoms with Crippen molar-refractivity contribution in [2.24, 2.45) is 0 Å². The number of nitrogens with zero attached hydrogens (tertiary/aromatic N) is 3. The maximum atomic E-state index is 12.8. The summed E-state index contributed by atoms with van der Waals surface area (Å²) < 4.78 is 7.49. The maximum absolute atomic E-state index is 12.8. The molecule has 1 unspecified atom stereocenters. The second-order valence-corrected chi connectivity index (χ2v) is 9.09. The molecule has 1 atom stereocenters. The number of rotatable bonds is 9. The van der Waals surface area contributed by atoms with Crippen molar-refractivity contribution in [2.75, 3.05) is 11.1 Å². The van der Waals surface area contributed by atoms with Crippen molar-refractivity contribution in [1.82, 2.24) is 14.8 Å². The Balaban J connectivity index is 1.52. The molecule has 2 aromatic carbocycles. The van der Waals surface area contributed by atoms with E-state index in [1.807, 2.05) is 59.2 Å². The van der Waals surface area contributed by atoms with Crippen LogP contribution >= 0.6 is 23.4 Å². The molecule has 2 heterocycles. The summed E-state index contributed by atoms with van der Waals surface area (Å²) in [6.45, 7) is 4.76. The van der Waals surface area contributed by atoms with Gasteiger partial charge in [0, 0.05) is 16.3 Å². The fourth-order valence-corrected chi connectivity index (χ4v) is 4.35. The Labute approximate surface area is 202 Å². The number of furan rings is 1. The van der Waals surface area contributed by atoms with Gasteiger partial charge in [-0.1, -0.05) is 55.4 Å². The van der Waals surface area contributed by atoms with E-state index in [-0.39, 0.29) is 11.7 Å². The van der Waals surface area contributed by atoms with Crippen LogP contribution < -0.4 is 5.32 Å². The summed E-state index contributed by atoms with van der Waals surface area (Å²) in [5.41, 5.74) is 2.89. The molecule has 170 valence electrons. The molecule has 0 aliphatic heterocycles. The SMILES string of the molecule is CCC(C)c1ccccc1NC(=O)CSc1nnc(-c2ccc(Cl)cc2)n1Cc1ccco1. The largest absolute Gasteiger partial charge is 0.467 e. The van der Waals surface area contributed by atoms with Crippen LogP contribution in [0.2, 0.25) is 5.02 Å². The molecule has 33 heavy (non-hydrogen) atoms. The lowest BCUT2D eigenvalue weighted by molar-refractivity contribution is -0.113. The number of thioether (sulfide) groups is 1. The van der Waals surface area contributed by atoms with Crippen LogP contribution in [-0.2, 0) is 11.3 Å². The molecule has 0 aliphatic rings. The molecule has 0 saturated heterocycles. The third-order valence-corrected chi connectivity index (χ3v) is 6.64. The summed E-state index contributed by atoms with van der Waals surface area (Å²) in [4.78, 5) is 12.8. The van der Waals surface area contributed by atoms with Crippen LogP contribution in [0, 0.1) is 0 Å². The number of aromatic nitrogens is 3. The van der Waals surface area contributed by atoms with Gasteiger partial charge in [-0.05, 0) is 60.4 Å². The molecule has 2 aromatic heterocycles. The van der Waals surface area contributed by atoms with Gasteiger partial charge in [-0.2, -0.15) is 0 Å². The van der Waals surface area contributed by atoms with Crippen LogP contribution in [0.15, 0.2) is 76.5 Å². The number of nitrogens with one attached hydrogen (secondary N) is 1. The number of hydrogen-bond acceptors (Lipinski definition) is 5. The first-order chi connectivity index (χ1) is 16.0. The first-order valence-corrected chi connectivity index (χ1v) is 12.1. The Bertz CT molecular complexity index is 1210. The number of hydrogen-bond donors (Lipinski definition) is 1. The van der Waals surface area contributed by atoms with Gasteiger partial charge in [-0.25, -0.2) is 0 Å². The van der Waals surface area contributed by atoms with E-state index in [2.05, 4.69) is 35.4 Å². The van der Waals surface area contributed by atoms with E-state index < -0.39 is 0 Å². The fourth-order valence-electron chi connectivity index (χ4n) is 3.49. The number of benzene rings is 2. The van der Waals surface area contributed by atoms with Crippen molar-refractivity contribution in [3.8, 4) is 11.4 Å². The van der Waals surface area contributed by atoms with E-state index in [4.69, 9.17) is 16.0 Å². The number of anilines is 1. The molecule has 4 aromatic rings. The van der Waals surface area contributed by atoms with Crippen molar-refractivity contribution < 1.29 is 9.21 Å². The van der Waals surface area contributed by atoms with Crippen LogP contribution in [-0.4, -0.2) is 26.4 Å². The summed E-state index contributed by atoms with van der Waals surface area (Å²) in [6.07, 6.45) is 2.64. The Kier molecular flexibility index (Phi) is 7.52. The van der Waals surface area contributed by atoms with E-state index in [0.717, 1.165) is 29.0 Å². The van der Waals surface area contributed by atoms with E-state index in [1.165, 1.54) is 11.8 Å². The quantitative estimate of drug-likeness (QED) is 0.277. The lowest BCUT2D eigenvalue weighted by Crippen LogP contribution is -2.16. The third kappa shape index (κ3) is 5.67. The van der Waals surface area contributed by atoms with Gasteiger partial charge < -0.3 is 9.73 Å². The number of carbonyl (C=O) groups excluding carboxylic acids is 1. The van der Waals surface area contributed by atoms with Crippen molar-refractivity contribution in [1.29, 1.82) is 0 Å². The number of amides is 1. The van der Waals surface area contributed by atoms with Crippen LogP contribution in [0.3, 0.4) is 0 Å². The first-order valence-electron chi connectivity index (χ1n) is 10.8. The molecule has 0 bridgehead atoms. The standard InChI is InChI=1S/C25H25ClN4O2S/c1-3-17(2)21-8-4-5-9-22(21)27-23(31)16-33-25-29-28-24(18-10-12-19(26)13-11-18)30(25)15-20-7-6-14-32-20/h4-14,17H,3,15-16H2,1-2H3,(H,27,31). The monoisotopic (exact) mass is 480 g/mol. The fraction of sp³-hybridized carbons (Fsp3) is 0.240. The normalized spacial score (nSPS) is 12.0. The second-order valence-electron chi connectivity index (χ2n) is 7.71. The Hall–Kier alpha value is -3.03. The predicted octanol–water partition coefficient (Wildman–Crippen LogP) is 6.48. The van der Waals surface area contributed by atoms with Gasteiger partial charge in [-0.15, -0.1) is 10.2 Å². The lowest BCUT2D eigenvalue weighted by atomic mass is 9.97. The zero-order valence-electron chi connectivity index (χ0n) is 18.5. The van der Waals surface area contributed by atoms with Gasteiger partial charge in [0.05, 0.1) is 18.6 Å². The minimum Gasteiger partial charge on any atom is -0.467 e. The van der Waals surface area contributed by atoms with Crippen molar-refractivity contribution in [3.05, 3.63) is 83.3 Å². The molecule has 0 spiro atoms. The molecule has 8 heteroatoms. The Morgan fingerprint density at radius 2 is 1.91 bits per heavy atom. The molecule has 6 nitrogen and oxygen atoms in total. The average molecular weight is 481 g/mol. The van der Waals surface area contributed by atoms with Crippen LogP contribution in [0.1, 0.15) is 37.5 Å². The van der Waals surface area contributed by atoms with Gasteiger partial charge in [0.25, 0.3) is 0 Å². The van der Waals surface area contributed by atoms with Gasteiger partial charge in [-0.3, -0.25) is 9.36 Å². The maximum Gasteiger partial charge on any atom is 0.234 e. The van der Waals surface area contributed by atoms with E-state index in [0.29, 0.717) is 28.5 Å². The smallest absolute Gasteiger partial charge is 0.234 e. The summed E-state index contributed by atoms with van der Waals surface area (Å²) in [6, 6.07) is 19.1. The van der Waals surface area contributed by atoms with Crippen molar-refractivity contribution in [3.63, 3.8) is 0 Å². The number of halogens is 1. The highest BCUT2D eigenvalue weighted by molar-refractivity contribution is 7.99. The minimum absolute atomic E-state index is 0.0867. The topological polar surface area (TPSA) is 73.0 Å². The van der Waals surface area contributed by atoms with Crippen LogP contribution in [0.25, 0.3) is 11.4 Å². The van der Waals surface area contributed by atoms with E-state index in [9.17, 15) is 4.79 Å². The Morgan fingerprint density at radius 1 is 1.12 bits per heavy atom. The summed E-state index contributed by atoms with van der Waals surface area (Å²) in [5.74, 6) is 1.96. The zero-order valence-corrected chi connectivity index (χ0v) is 20.1. The zero-order chi connectivity index (χ0) is 23.2. The molecule has 1 amide bonds. The highest BCUT2D eigenvalue weighted by Crippen LogP contribution is 2.28. The number of carbonyl (C=O) groups is 1. The Morgan fingerprint density at radius 3 is 2.64 bits per heavy atom. The number of para-hydroxylation sites is 1. The van der Waals surface area contributed by atoms with Crippen molar-refractivity contribution >= 4 is 35.0 Å². The van der Waals surface area contributed by atoms with E-state index >= 15 is 0 Å². The van der Waals surface area contributed by atoms with Gasteiger partial charge in [0.2, 0.25) is 5.91 Å². The summed E-state index contributed by atoms with van der Waals surface area (Å²) >= 11 is 7.39. The van der Waals surface area contributed by atoms with Gasteiger partial charge >= 0.3 is 0 Å². The molecular weight excluding hydrogens is 456 g/mol. The first kappa shape index (κ1) is 23.1. The predicted molar refractivity (Wildman–Crippen MR) is 133 cm³/mol. The van der Waals surface area contributed by atoms with Crippen LogP contribution in [0.4, 0.5) is 5.69 Å². The summed E-state index contributed by atoms with van der Waals surface area (Å²) in [5, 5.41) is 13.1. The lowest BCUT2D eigenvalue weighted by Gasteiger charge is -2.15. The molecule has 0 radical (unpaired) electrons. The summed E-state index contributed by atoms with van der Waals surface area (Å²) in [7, 11) is 0. The van der Waals surface area contributed by atoms with Gasteiger partial charge in [0.15, 0.2) is 11.0 Å². The van der Waals surface area contributed by atoms with E-state index in [1.54, 1.807) is 6.26 Å². The molecule has 0 fully saturated rings. The van der Waals surface area contributed by atoms with Crippen molar-refractivity contribution in [2.45, 2.75) is 37.9 Å². The van der Waals surface area contributed by atoms with Gasteiger partial charge in [0.1, 0.15) is 5.76 Å². The third-order valence-electron chi connectivity index (χ3n) is 5.42. The molecule has 0 aliphatic carbocycles. The molecule has 1 N–H and O–H groups in total. The van der Waals surface area contributed by atoms with Crippen LogP contribution in [0.5, 0.6) is 0 Å². The molecular formula is C25H25ClN4O2S. The second kappa shape index (κ2) is 10.7. The molecule has 4 rings (SSSR count). The average Bonchev–Trinajstić information content (AvgIpc) is 3.48. The highest BCUT2D eigenvalue weighted by atomic mass is 35.5. The molecule has 0 saturated carbocycles. The minimum atomic E-state index is -0.0867.